The Morgan fingerprint density at radius 2 is 2.50 bits per heavy atom. The van der Waals surface area contributed by atoms with Crippen LogP contribution in [0.4, 0.5) is 0 Å². The molecule has 0 aliphatic rings. The van der Waals surface area contributed by atoms with E-state index in [1.807, 2.05) is 0 Å². The van der Waals surface area contributed by atoms with Gasteiger partial charge in [0.05, 0.1) is 22.8 Å². The second-order valence-corrected chi connectivity index (χ2v) is 3.10. The molecule has 0 aliphatic heterocycles. The summed E-state index contributed by atoms with van der Waals surface area (Å²) in [6.45, 7) is 0. The van der Waals surface area contributed by atoms with Crippen molar-refractivity contribution in [1.82, 2.24) is 10.2 Å². The lowest BCUT2D eigenvalue weighted by Crippen LogP contribution is -2.06. The molecule has 12 heavy (non-hydrogen) atoms. The molecule has 1 aromatic heterocycles. The molecule has 5 nitrogen and oxygen atoms in total. The fourth-order valence-corrected chi connectivity index (χ4v) is 1.24. The molecule has 6 heteroatoms. The molecule has 1 rings (SSSR count). The molecule has 1 atom stereocenters. The van der Waals surface area contributed by atoms with Gasteiger partial charge in [-0.15, -0.1) is 0 Å². The van der Waals surface area contributed by atoms with Gasteiger partial charge in [0.1, 0.15) is 6.10 Å². The van der Waals surface area contributed by atoms with Gasteiger partial charge in [-0.25, -0.2) is 0 Å². The standard InChI is InChI=1S/C6H7BrN2O3/c7-3-2-8-9-6(3)4(10)1-5(11)12/h2,4,10H,1H2,(H,8,9)(H,11,12). The van der Waals surface area contributed by atoms with Gasteiger partial charge in [0, 0.05) is 0 Å². The number of aliphatic carboxylic acids is 1. The smallest absolute Gasteiger partial charge is 0.306 e. The summed E-state index contributed by atoms with van der Waals surface area (Å²) in [7, 11) is 0. The van der Waals surface area contributed by atoms with Crippen LogP contribution in [0.1, 0.15) is 18.2 Å². The summed E-state index contributed by atoms with van der Waals surface area (Å²) >= 11 is 3.11. The van der Waals surface area contributed by atoms with Crippen molar-refractivity contribution in [1.29, 1.82) is 0 Å². The predicted molar refractivity (Wildman–Crippen MR) is 43.5 cm³/mol. The molecule has 1 unspecified atom stereocenters. The van der Waals surface area contributed by atoms with Gasteiger partial charge in [0.25, 0.3) is 0 Å². The minimum absolute atomic E-state index is 0.333. The number of carboxylic acids is 1. The first-order chi connectivity index (χ1) is 5.61. The van der Waals surface area contributed by atoms with E-state index in [0.29, 0.717) is 10.2 Å². The van der Waals surface area contributed by atoms with Crippen LogP contribution in [0.15, 0.2) is 10.7 Å². The number of rotatable bonds is 3. The van der Waals surface area contributed by atoms with Crippen LogP contribution < -0.4 is 0 Å². The molecular weight excluding hydrogens is 228 g/mol. The molecule has 0 aliphatic carbocycles. The molecular formula is C6H7BrN2O3. The SMILES string of the molecule is O=C(O)CC(O)c1[nH]ncc1Br. The number of halogens is 1. The first-order valence-corrected chi connectivity index (χ1v) is 3.99. The van der Waals surface area contributed by atoms with Crippen molar-refractivity contribution in [3.8, 4) is 0 Å². The maximum atomic E-state index is 10.2. The molecule has 0 saturated carbocycles. The van der Waals surface area contributed by atoms with Gasteiger partial charge >= 0.3 is 5.97 Å². The first-order valence-electron chi connectivity index (χ1n) is 3.20. The van der Waals surface area contributed by atoms with Crippen molar-refractivity contribution in [2.24, 2.45) is 0 Å². The fourth-order valence-electron chi connectivity index (χ4n) is 0.783. The van der Waals surface area contributed by atoms with Crippen LogP contribution >= 0.6 is 15.9 Å². The van der Waals surface area contributed by atoms with E-state index in [2.05, 4.69) is 26.1 Å². The zero-order valence-corrected chi connectivity index (χ0v) is 7.58. The van der Waals surface area contributed by atoms with E-state index in [1.54, 1.807) is 0 Å². The number of carboxylic acid groups (broad SMARTS) is 1. The fraction of sp³-hybridized carbons (Fsp3) is 0.333. The molecule has 1 heterocycles. The van der Waals surface area contributed by atoms with E-state index in [1.165, 1.54) is 6.20 Å². The molecule has 1 aromatic rings. The Balaban J connectivity index is 2.71. The molecule has 0 bridgehead atoms. The molecule has 3 N–H and O–H groups in total. The summed E-state index contributed by atoms with van der Waals surface area (Å²) < 4.78 is 0.580. The normalized spacial score (nSPS) is 12.8. The zero-order chi connectivity index (χ0) is 9.14. The molecule has 0 radical (unpaired) electrons. The summed E-state index contributed by atoms with van der Waals surface area (Å²) in [5.74, 6) is -1.05. The number of nitrogens with one attached hydrogen (secondary N) is 1. The van der Waals surface area contributed by atoms with Crippen molar-refractivity contribution in [3.63, 3.8) is 0 Å². The summed E-state index contributed by atoms with van der Waals surface area (Å²) in [6, 6.07) is 0. The van der Waals surface area contributed by atoms with E-state index in [9.17, 15) is 9.90 Å². The number of aliphatic hydroxyl groups excluding tert-OH is 1. The summed E-state index contributed by atoms with van der Waals surface area (Å²) in [4.78, 5) is 10.2. The largest absolute Gasteiger partial charge is 0.481 e. The molecule has 0 amide bonds. The number of H-pyrrole nitrogens is 1. The van der Waals surface area contributed by atoms with Gasteiger partial charge in [-0.2, -0.15) is 5.10 Å². The molecule has 0 spiro atoms. The van der Waals surface area contributed by atoms with Crippen molar-refractivity contribution in [2.45, 2.75) is 12.5 Å². The monoisotopic (exact) mass is 234 g/mol. The van der Waals surface area contributed by atoms with Crippen LogP contribution in [0.25, 0.3) is 0 Å². The number of hydrogen-bond donors (Lipinski definition) is 3. The third-order valence-electron chi connectivity index (χ3n) is 1.32. The first kappa shape index (κ1) is 9.21. The average molecular weight is 235 g/mol. The maximum Gasteiger partial charge on any atom is 0.306 e. The third kappa shape index (κ3) is 2.05. The van der Waals surface area contributed by atoms with E-state index in [4.69, 9.17) is 5.11 Å². The van der Waals surface area contributed by atoms with Crippen molar-refractivity contribution in [2.75, 3.05) is 0 Å². The summed E-state index contributed by atoms with van der Waals surface area (Å²) in [5, 5.41) is 23.8. The lowest BCUT2D eigenvalue weighted by atomic mass is 10.2. The molecule has 0 fully saturated rings. The van der Waals surface area contributed by atoms with Crippen LogP contribution in [-0.4, -0.2) is 26.4 Å². The van der Waals surface area contributed by atoms with Gasteiger partial charge in [-0.1, -0.05) is 0 Å². The van der Waals surface area contributed by atoms with Crippen LogP contribution in [0, 0.1) is 0 Å². The lowest BCUT2D eigenvalue weighted by molar-refractivity contribution is -0.139. The highest BCUT2D eigenvalue weighted by molar-refractivity contribution is 9.10. The zero-order valence-electron chi connectivity index (χ0n) is 5.99. The average Bonchev–Trinajstić information content (AvgIpc) is 2.33. The van der Waals surface area contributed by atoms with E-state index in [-0.39, 0.29) is 6.42 Å². The minimum Gasteiger partial charge on any atom is -0.481 e. The van der Waals surface area contributed by atoms with Gasteiger partial charge < -0.3 is 10.2 Å². The Morgan fingerprint density at radius 1 is 1.83 bits per heavy atom. The van der Waals surface area contributed by atoms with Gasteiger partial charge in [0.15, 0.2) is 0 Å². The number of nitrogens with zero attached hydrogens (tertiary/aromatic N) is 1. The summed E-state index contributed by atoms with van der Waals surface area (Å²) in [5.41, 5.74) is 0.386. The van der Waals surface area contributed by atoms with Gasteiger partial charge in [-0.05, 0) is 15.9 Å². The van der Waals surface area contributed by atoms with Crippen LogP contribution in [0.5, 0.6) is 0 Å². The Labute approximate surface area is 76.5 Å². The number of aromatic nitrogens is 2. The highest BCUT2D eigenvalue weighted by atomic mass is 79.9. The van der Waals surface area contributed by atoms with E-state index >= 15 is 0 Å². The highest BCUT2D eigenvalue weighted by Gasteiger charge is 2.16. The second-order valence-electron chi connectivity index (χ2n) is 2.25. The van der Waals surface area contributed by atoms with Crippen molar-refractivity contribution >= 4 is 21.9 Å². The Morgan fingerprint density at radius 3 is 2.92 bits per heavy atom. The topological polar surface area (TPSA) is 86.2 Å². The number of hydrogen-bond acceptors (Lipinski definition) is 3. The van der Waals surface area contributed by atoms with Crippen LogP contribution in [-0.2, 0) is 4.79 Å². The Kier molecular flexibility index (Phi) is 2.83. The highest BCUT2D eigenvalue weighted by Crippen LogP contribution is 2.22. The Hall–Kier alpha value is -0.880. The number of carbonyl (C=O) groups is 1. The maximum absolute atomic E-state index is 10.2. The minimum atomic E-state index is -1.05. The van der Waals surface area contributed by atoms with Crippen LogP contribution in [0.2, 0.25) is 0 Å². The van der Waals surface area contributed by atoms with Gasteiger partial charge in [-0.3, -0.25) is 9.89 Å². The molecule has 66 valence electrons. The second kappa shape index (κ2) is 3.68. The number of aliphatic hydroxyl groups is 1. The van der Waals surface area contributed by atoms with Crippen LogP contribution in [0.3, 0.4) is 0 Å². The Bertz CT molecular complexity index is 286. The lowest BCUT2D eigenvalue weighted by Gasteiger charge is -2.04. The van der Waals surface area contributed by atoms with E-state index < -0.39 is 12.1 Å². The van der Waals surface area contributed by atoms with Crippen molar-refractivity contribution < 1.29 is 15.0 Å². The predicted octanol–water partition coefficient (Wildman–Crippen LogP) is 0.680. The van der Waals surface area contributed by atoms with Gasteiger partial charge in [0.2, 0.25) is 0 Å². The molecule has 0 aromatic carbocycles. The quantitative estimate of drug-likeness (QED) is 0.718. The third-order valence-corrected chi connectivity index (χ3v) is 1.95. The van der Waals surface area contributed by atoms with E-state index in [0.717, 1.165) is 0 Å². The summed E-state index contributed by atoms with van der Waals surface area (Å²) in [6.07, 6.45) is 0.0839. The number of aromatic amines is 1. The van der Waals surface area contributed by atoms with Crippen molar-refractivity contribution in [3.05, 3.63) is 16.4 Å². The molecule has 0 saturated heterocycles.